The molecule has 0 radical (unpaired) electrons. The molecule has 0 aromatic carbocycles. The third-order valence-corrected chi connectivity index (χ3v) is 14.8. The molecule has 0 heterocycles. The highest BCUT2D eigenvalue weighted by molar-refractivity contribution is 5.77. The Bertz CT molecular complexity index is 1110. The van der Waals surface area contributed by atoms with Gasteiger partial charge in [-0.05, 0) is 57.8 Å². The summed E-state index contributed by atoms with van der Waals surface area (Å²) in [5, 5.41) is 24.0. The molecule has 0 saturated carbocycles. The number of esters is 1. The highest BCUT2D eigenvalue weighted by Gasteiger charge is 2.24. The second-order valence-electron chi connectivity index (χ2n) is 21.8. The number of hydrogen-bond acceptors (Lipinski definition) is 5. The molecule has 0 aliphatic heterocycles. The van der Waals surface area contributed by atoms with Gasteiger partial charge in [-0.2, -0.15) is 0 Å². The maximum atomic E-state index is 13.3. The lowest BCUT2D eigenvalue weighted by Gasteiger charge is -2.24. The van der Waals surface area contributed by atoms with E-state index in [1.54, 1.807) is 0 Å². The van der Waals surface area contributed by atoms with Crippen molar-refractivity contribution in [2.75, 3.05) is 6.61 Å². The first-order chi connectivity index (χ1) is 34.5. The second-order valence-corrected chi connectivity index (χ2v) is 21.8. The van der Waals surface area contributed by atoms with E-state index in [-0.39, 0.29) is 24.9 Å². The van der Waals surface area contributed by atoms with Crippen LogP contribution in [-0.2, 0) is 14.3 Å². The molecule has 70 heavy (non-hydrogen) atoms. The number of amides is 1. The highest BCUT2D eigenvalue weighted by atomic mass is 16.5. The molecule has 1 amide bonds. The van der Waals surface area contributed by atoms with Crippen molar-refractivity contribution in [3.05, 3.63) is 24.3 Å². The van der Waals surface area contributed by atoms with Gasteiger partial charge in [-0.15, -0.1) is 0 Å². The SMILES string of the molecule is CCCCC/C=C\C/C=C\CCCCCCCCCCCC(=O)OC(CCCCCCCCCCCCCCCCC)CC(=O)NC(CO)C(O)CCCCCCCCCCCCCCCCCCC. The fourth-order valence-electron chi connectivity index (χ4n) is 9.99. The van der Waals surface area contributed by atoms with Crippen molar-refractivity contribution in [2.24, 2.45) is 0 Å². The lowest BCUT2D eigenvalue weighted by Crippen LogP contribution is -2.46. The molecule has 0 rings (SSSR count). The summed E-state index contributed by atoms with van der Waals surface area (Å²) in [5.41, 5.74) is 0. The van der Waals surface area contributed by atoms with E-state index >= 15 is 0 Å². The normalized spacial score (nSPS) is 13.2. The first-order valence-electron chi connectivity index (χ1n) is 31.6. The predicted octanol–water partition coefficient (Wildman–Crippen LogP) is 19.8. The number of aliphatic hydroxyl groups is 2. The second kappa shape index (κ2) is 58.2. The Morgan fingerprint density at radius 3 is 1.11 bits per heavy atom. The van der Waals surface area contributed by atoms with Gasteiger partial charge in [0.05, 0.1) is 25.2 Å². The fraction of sp³-hybridized carbons (Fsp3) is 0.906. The van der Waals surface area contributed by atoms with E-state index < -0.39 is 18.2 Å². The minimum Gasteiger partial charge on any atom is -0.462 e. The van der Waals surface area contributed by atoms with Gasteiger partial charge in [0.1, 0.15) is 6.10 Å². The van der Waals surface area contributed by atoms with Crippen LogP contribution in [0.15, 0.2) is 24.3 Å². The molecule has 0 aromatic heterocycles. The number of aliphatic hydroxyl groups excluding tert-OH is 2. The standard InChI is InChI=1S/C64H123NO5/c1-4-7-10-13-16-19-22-25-28-30-31-33-36-39-42-45-48-51-54-57-64(69)70-60(55-52-49-46-43-40-37-34-27-24-21-18-15-12-9-6-3)58-63(68)65-61(59-66)62(67)56-53-50-47-44-41-38-35-32-29-26-23-20-17-14-11-8-5-2/h16,19,25,28,60-62,66-67H,4-15,17-18,20-24,26-27,29-59H2,1-3H3,(H,65,68)/b19-16-,28-25-. The summed E-state index contributed by atoms with van der Waals surface area (Å²) in [5.74, 6) is -0.454. The zero-order valence-electron chi connectivity index (χ0n) is 47.4. The summed E-state index contributed by atoms with van der Waals surface area (Å²) >= 11 is 0. The molecular formula is C64H123NO5. The van der Waals surface area contributed by atoms with Crippen molar-refractivity contribution in [3.63, 3.8) is 0 Å². The van der Waals surface area contributed by atoms with Crippen LogP contribution in [0.4, 0.5) is 0 Å². The van der Waals surface area contributed by atoms with Gasteiger partial charge < -0.3 is 20.3 Å². The van der Waals surface area contributed by atoms with E-state index in [4.69, 9.17) is 4.74 Å². The molecule has 3 unspecified atom stereocenters. The molecule has 0 aliphatic carbocycles. The van der Waals surface area contributed by atoms with Crippen molar-refractivity contribution < 1.29 is 24.5 Å². The van der Waals surface area contributed by atoms with Gasteiger partial charge in [0.2, 0.25) is 5.91 Å². The van der Waals surface area contributed by atoms with E-state index in [0.717, 1.165) is 51.4 Å². The molecule has 414 valence electrons. The summed E-state index contributed by atoms with van der Waals surface area (Å²) < 4.78 is 5.99. The molecule has 0 aromatic rings. The number of carbonyl (C=O) groups excluding carboxylic acids is 2. The average Bonchev–Trinajstić information content (AvgIpc) is 3.35. The molecule has 0 saturated heterocycles. The minimum absolute atomic E-state index is 0.0829. The van der Waals surface area contributed by atoms with Gasteiger partial charge >= 0.3 is 5.97 Å². The van der Waals surface area contributed by atoms with Crippen LogP contribution in [0.1, 0.15) is 348 Å². The van der Waals surface area contributed by atoms with E-state index in [9.17, 15) is 19.8 Å². The molecule has 6 heteroatoms. The Labute approximate surface area is 437 Å². The Morgan fingerprint density at radius 1 is 0.414 bits per heavy atom. The molecule has 0 fully saturated rings. The van der Waals surface area contributed by atoms with Crippen LogP contribution in [0.25, 0.3) is 0 Å². The van der Waals surface area contributed by atoms with E-state index in [2.05, 4.69) is 50.4 Å². The third-order valence-electron chi connectivity index (χ3n) is 14.8. The van der Waals surface area contributed by atoms with Crippen LogP contribution in [0.5, 0.6) is 0 Å². The quantitative estimate of drug-likeness (QED) is 0.0321. The highest BCUT2D eigenvalue weighted by Crippen LogP contribution is 2.19. The first-order valence-corrected chi connectivity index (χ1v) is 31.6. The van der Waals surface area contributed by atoms with Crippen molar-refractivity contribution in [1.82, 2.24) is 5.32 Å². The maximum absolute atomic E-state index is 13.3. The van der Waals surface area contributed by atoms with Crippen LogP contribution >= 0.6 is 0 Å². The van der Waals surface area contributed by atoms with Gasteiger partial charge in [-0.1, -0.05) is 302 Å². The third kappa shape index (κ3) is 52.7. The van der Waals surface area contributed by atoms with Crippen LogP contribution in [-0.4, -0.2) is 46.9 Å². The van der Waals surface area contributed by atoms with Crippen LogP contribution in [0.3, 0.4) is 0 Å². The van der Waals surface area contributed by atoms with Gasteiger partial charge in [-0.25, -0.2) is 0 Å². The van der Waals surface area contributed by atoms with Gasteiger partial charge in [0.15, 0.2) is 0 Å². The largest absolute Gasteiger partial charge is 0.462 e. The summed E-state index contributed by atoms with van der Waals surface area (Å²) in [6.07, 6.45) is 69.6. The van der Waals surface area contributed by atoms with Crippen LogP contribution < -0.4 is 5.32 Å². The summed E-state index contributed by atoms with van der Waals surface area (Å²) in [7, 11) is 0. The van der Waals surface area contributed by atoms with E-state index in [1.807, 2.05) is 0 Å². The first kappa shape index (κ1) is 68.3. The molecule has 0 spiro atoms. The number of rotatable bonds is 58. The zero-order valence-corrected chi connectivity index (χ0v) is 47.4. The maximum Gasteiger partial charge on any atom is 0.306 e. The van der Waals surface area contributed by atoms with Gasteiger partial charge in [0, 0.05) is 6.42 Å². The topological polar surface area (TPSA) is 95.9 Å². The van der Waals surface area contributed by atoms with E-state index in [0.29, 0.717) is 19.3 Å². The Kier molecular flexibility index (Phi) is 56.9. The molecule has 0 aliphatic rings. The average molecular weight is 987 g/mol. The molecule has 6 nitrogen and oxygen atoms in total. The van der Waals surface area contributed by atoms with Crippen LogP contribution in [0, 0.1) is 0 Å². The fourth-order valence-corrected chi connectivity index (χ4v) is 9.99. The van der Waals surface area contributed by atoms with E-state index in [1.165, 1.54) is 250 Å². The summed E-state index contributed by atoms with van der Waals surface area (Å²) in [6.45, 7) is 6.52. The number of ether oxygens (including phenoxy) is 1. The number of nitrogens with one attached hydrogen (secondary N) is 1. The zero-order chi connectivity index (χ0) is 50.9. The Morgan fingerprint density at radius 2 is 0.729 bits per heavy atom. The Balaban J connectivity index is 4.48. The lowest BCUT2D eigenvalue weighted by molar-refractivity contribution is -0.151. The summed E-state index contributed by atoms with van der Waals surface area (Å²) in [6, 6.07) is -0.699. The smallest absolute Gasteiger partial charge is 0.306 e. The van der Waals surface area contributed by atoms with Crippen molar-refractivity contribution in [3.8, 4) is 0 Å². The number of hydrogen-bond donors (Lipinski definition) is 3. The molecule has 0 bridgehead atoms. The molecular weight excluding hydrogens is 863 g/mol. The molecule has 3 atom stereocenters. The molecule has 3 N–H and O–H groups in total. The monoisotopic (exact) mass is 986 g/mol. The number of unbranched alkanes of at least 4 members (excludes halogenated alkanes) is 42. The van der Waals surface area contributed by atoms with Gasteiger partial charge in [-0.3, -0.25) is 9.59 Å². The number of allylic oxidation sites excluding steroid dienone is 4. The minimum atomic E-state index is -0.785. The lowest BCUT2D eigenvalue weighted by atomic mass is 10.0. The van der Waals surface area contributed by atoms with Crippen molar-refractivity contribution in [1.29, 1.82) is 0 Å². The van der Waals surface area contributed by atoms with Gasteiger partial charge in [0.25, 0.3) is 0 Å². The summed E-state index contributed by atoms with van der Waals surface area (Å²) in [4.78, 5) is 26.4. The van der Waals surface area contributed by atoms with Crippen molar-refractivity contribution in [2.45, 2.75) is 366 Å². The van der Waals surface area contributed by atoms with Crippen molar-refractivity contribution >= 4 is 11.9 Å². The number of carbonyl (C=O) groups is 2. The Hall–Kier alpha value is -1.66. The predicted molar refractivity (Wildman–Crippen MR) is 306 cm³/mol. The van der Waals surface area contributed by atoms with Crippen LogP contribution in [0.2, 0.25) is 0 Å².